The number of nitrogens with zero attached hydrogens (tertiary/aromatic N) is 5. The number of hydrogen-bond acceptors (Lipinski definition) is 6. The Labute approximate surface area is 210 Å². The number of piperidine rings is 1. The van der Waals surface area contributed by atoms with Gasteiger partial charge < -0.3 is 14.2 Å². The summed E-state index contributed by atoms with van der Waals surface area (Å²) < 4.78 is 35.7. The highest BCUT2D eigenvalue weighted by Crippen LogP contribution is 2.37. The first kappa shape index (κ1) is 24.3. The SMILES string of the molecule is Cc1nc2cnc3c(ccn3S(=O)(=O)c3ccccc3)c2n1C1(C)CCN(C(=O)OC(C)(C)C)CC1. The second kappa shape index (κ2) is 8.33. The van der Waals surface area contributed by atoms with Crippen LogP contribution in [0.5, 0.6) is 0 Å². The highest BCUT2D eigenvalue weighted by Gasteiger charge is 2.37. The lowest BCUT2D eigenvalue weighted by Gasteiger charge is -2.41. The van der Waals surface area contributed by atoms with Crippen LogP contribution in [0.2, 0.25) is 0 Å². The van der Waals surface area contributed by atoms with E-state index in [-0.39, 0.29) is 16.5 Å². The number of amides is 1. The van der Waals surface area contributed by atoms with E-state index in [1.54, 1.807) is 53.7 Å². The van der Waals surface area contributed by atoms with E-state index in [9.17, 15) is 13.2 Å². The molecule has 36 heavy (non-hydrogen) atoms. The van der Waals surface area contributed by atoms with Gasteiger partial charge in [0.05, 0.1) is 16.6 Å². The van der Waals surface area contributed by atoms with Gasteiger partial charge in [-0.1, -0.05) is 18.2 Å². The number of aryl methyl sites for hydroxylation is 1. The van der Waals surface area contributed by atoms with Crippen LogP contribution < -0.4 is 0 Å². The quantitative estimate of drug-likeness (QED) is 0.398. The van der Waals surface area contributed by atoms with Crippen molar-refractivity contribution >= 4 is 38.2 Å². The highest BCUT2D eigenvalue weighted by atomic mass is 32.2. The maximum Gasteiger partial charge on any atom is 0.410 e. The third kappa shape index (κ3) is 4.03. The van der Waals surface area contributed by atoms with Gasteiger partial charge in [-0.2, -0.15) is 0 Å². The first-order valence-corrected chi connectivity index (χ1v) is 13.5. The van der Waals surface area contributed by atoms with E-state index in [2.05, 4.69) is 16.5 Å². The van der Waals surface area contributed by atoms with Gasteiger partial charge in [0.25, 0.3) is 10.0 Å². The van der Waals surface area contributed by atoms with Crippen molar-refractivity contribution in [2.75, 3.05) is 13.1 Å². The van der Waals surface area contributed by atoms with E-state index in [0.29, 0.717) is 37.1 Å². The summed E-state index contributed by atoms with van der Waals surface area (Å²) >= 11 is 0. The van der Waals surface area contributed by atoms with Crippen molar-refractivity contribution in [1.82, 2.24) is 23.4 Å². The van der Waals surface area contributed by atoms with Crippen molar-refractivity contribution in [3.05, 3.63) is 54.6 Å². The molecule has 4 heterocycles. The molecule has 0 N–H and O–H groups in total. The van der Waals surface area contributed by atoms with E-state index in [4.69, 9.17) is 9.72 Å². The van der Waals surface area contributed by atoms with Crippen LogP contribution in [0.25, 0.3) is 22.1 Å². The molecule has 1 saturated heterocycles. The molecule has 1 fully saturated rings. The molecule has 0 bridgehead atoms. The zero-order chi connectivity index (χ0) is 25.9. The Morgan fingerprint density at radius 3 is 2.39 bits per heavy atom. The minimum Gasteiger partial charge on any atom is -0.444 e. The van der Waals surface area contributed by atoms with Gasteiger partial charge in [0.15, 0.2) is 5.65 Å². The Balaban J connectivity index is 1.55. The summed E-state index contributed by atoms with van der Waals surface area (Å²) in [5.41, 5.74) is 1.08. The lowest BCUT2D eigenvalue weighted by atomic mass is 9.89. The minimum atomic E-state index is -3.80. The second-order valence-electron chi connectivity index (χ2n) is 10.6. The lowest BCUT2D eigenvalue weighted by Crippen LogP contribution is -2.48. The molecule has 1 aromatic carbocycles. The fourth-order valence-corrected chi connectivity index (χ4v) is 6.35. The van der Waals surface area contributed by atoms with Crippen LogP contribution in [-0.2, 0) is 20.3 Å². The smallest absolute Gasteiger partial charge is 0.410 e. The van der Waals surface area contributed by atoms with E-state index in [1.165, 1.54) is 3.97 Å². The molecule has 190 valence electrons. The van der Waals surface area contributed by atoms with Gasteiger partial charge in [-0.3, -0.25) is 0 Å². The predicted octanol–water partition coefficient (Wildman–Crippen LogP) is 4.68. The minimum absolute atomic E-state index is 0.204. The molecule has 0 unspecified atom stereocenters. The molecular weight excluding hydrogens is 478 g/mol. The molecule has 1 aliphatic heterocycles. The molecule has 3 aromatic heterocycles. The Hall–Kier alpha value is -3.40. The van der Waals surface area contributed by atoms with Gasteiger partial charge in [0.2, 0.25) is 0 Å². The Kier molecular flexibility index (Phi) is 5.62. The van der Waals surface area contributed by atoms with Gasteiger partial charge in [-0.05, 0) is 65.7 Å². The standard InChI is InChI=1S/C26H31N5O4S/c1-18-28-21-17-27-23-20(11-14-30(23)36(33,34)19-9-7-6-8-10-19)22(21)31(18)26(5)12-15-29(16-13-26)24(32)35-25(2,3)4/h6-11,14,17H,12-13,15-16H2,1-5H3. The molecule has 1 amide bonds. The Morgan fingerprint density at radius 2 is 1.75 bits per heavy atom. The number of hydrogen-bond donors (Lipinski definition) is 0. The summed E-state index contributed by atoms with van der Waals surface area (Å²) in [6.45, 7) is 10.8. The first-order chi connectivity index (χ1) is 16.9. The number of pyridine rings is 1. The predicted molar refractivity (Wildman–Crippen MR) is 137 cm³/mol. The molecular formula is C26H31N5O4S. The number of benzene rings is 1. The molecule has 10 heteroatoms. The van der Waals surface area contributed by atoms with E-state index < -0.39 is 15.6 Å². The van der Waals surface area contributed by atoms with Crippen molar-refractivity contribution in [1.29, 1.82) is 0 Å². The van der Waals surface area contributed by atoms with Crippen LogP contribution >= 0.6 is 0 Å². The molecule has 4 aromatic rings. The van der Waals surface area contributed by atoms with E-state index in [1.807, 2.05) is 27.7 Å². The normalized spacial score (nSPS) is 16.5. The van der Waals surface area contributed by atoms with E-state index in [0.717, 1.165) is 16.7 Å². The monoisotopic (exact) mass is 509 g/mol. The number of carbonyl (C=O) groups is 1. The Bertz CT molecular complexity index is 1560. The zero-order valence-electron chi connectivity index (χ0n) is 21.2. The van der Waals surface area contributed by atoms with Crippen molar-refractivity contribution in [3.8, 4) is 0 Å². The maximum atomic E-state index is 13.3. The summed E-state index contributed by atoms with van der Waals surface area (Å²) in [5, 5.41) is 0.725. The summed E-state index contributed by atoms with van der Waals surface area (Å²) in [5.74, 6) is 0.825. The van der Waals surface area contributed by atoms with Gasteiger partial charge in [0.1, 0.15) is 16.9 Å². The molecule has 9 nitrogen and oxygen atoms in total. The number of carbonyl (C=O) groups excluding carboxylic acids is 1. The summed E-state index contributed by atoms with van der Waals surface area (Å²) in [6.07, 6.45) is 4.32. The number of rotatable bonds is 3. The van der Waals surface area contributed by atoms with Gasteiger partial charge >= 0.3 is 6.09 Å². The van der Waals surface area contributed by atoms with Gasteiger partial charge in [-0.25, -0.2) is 27.2 Å². The van der Waals surface area contributed by atoms with Crippen LogP contribution in [0.1, 0.15) is 46.4 Å². The lowest BCUT2D eigenvalue weighted by molar-refractivity contribution is 0.0132. The van der Waals surface area contributed by atoms with Crippen LogP contribution in [-0.4, -0.2) is 56.6 Å². The van der Waals surface area contributed by atoms with Crippen molar-refractivity contribution < 1.29 is 17.9 Å². The van der Waals surface area contributed by atoms with Crippen molar-refractivity contribution in [2.45, 2.75) is 63.5 Å². The maximum absolute atomic E-state index is 13.3. The number of likely N-dealkylation sites (tertiary alicyclic amines) is 1. The third-order valence-corrected chi connectivity index (χ3v) is 8.48. The van der Waals surface area contributed by atoms with Gasteiger partial charge in [0, 0.05) is 30.2 Å². The van der Waals surface area contributed by atoms with Crippen LogP contribution in [0.3, 0.4) is 0 Å². The van der Waals surface area contributed by atoms with Crippen molar-refractivity contribution in [2.24, 2.45) is 0 Å². The van der Waals surface area contributed by atoms with Crippen LogP contribution in [0, 0.1) is 6.92 Å². The fourth-order valence-electron chi connectivity index (χ4n) is 5.02. The first-order valence-electron chi connectivity index (χ1n) is 12.0. The van der Waals surface area contributed by atoms with Crippen molar-refractivity contribution in [3.63, 3.8) is 0 Å². The van der Waals surface area contributed by atoms with E-state index >= 15 is 0 Å². The zero-order valence-corrected chi connectivity index (χ0v) is 22.0. The largest absolute Gasteiger partial charge is 0.444 e. The third-order valence-electron chi connectivity index (χ3n) is 6.79. The Morgan fingerprint density at radius 1 is 1.08 bits per heavy atom. The fraction of sp³-hybridized carbons (Fsp3) is 0.423. The number of fused-ring (bicyclic) bond motifs is 3. The highest BCUT2D eigenvalue weighted by molar-refractivity contribution is 7.90. The van der Waals surface area contributed by atoms with Crippen LogP contribution in [0.15, 0.2) is 53.7 Å². The molecule has 0 radical (unpaired) electrons. The topological polar surface area (TPSA) is 99.3 Å². The number of imidazole rings is 1. The molecule has 0 saturated carbocycles. The summed E-state index contributed by atoms with van der Waals surface area (Å²) in [7, 11) is -3.80. The molecule has 1 aliphatic rings. The van der Waals surface area contributed by atoms with Gasteiger partial charge in [-0.15, -0.1) is 0 Å². The van der Waals surface area contributed by atoms with Crippen LogP contribution in [0.4, 0.5) is 4.79 Å². The number of aromatic nitrogens is 4. The average molecular weight is 510 g/mol. The molecule has 0 aliphatic carbocycles. The summed E-state index contributed by atoms with van der Waals surface area (Å²) in [6, 6.07) is 10.1. The summed E-state index contributed by atoms with van der Waals surface area (Å²) in [4.78, 5) is 23.8. The molecule has 0 spiro atoms. The molecule has 0 atom stereocenters. The molecule has 5 rings (SSSR count). The second-order valence-corrected chi connectivity index (χ2v) is 12.4. The number of ether oxygens (including phenoxy) is 1. The average Bonchev–Trinajstić information content (AvgIpc) is 3.40.